The molecule has 0 heterocycles. The average molecular weight is 448 g/mol. The Morgan fingerprint density at radius 1 is 1.06 bits per heavy atom. The summed E-state index contributed by atoms with van der Waals surface area (Å²) in [6, 6.07) is 14.2. The molecule has 0 radical (unpaired) electrons. The number of nitrogens with zero attached hydrogens (tertiary/aromatic N) is 1. The fraction of sp³-hybridized carbons (Fsp3) is 0.348. The number of halogens is 3. The molecule has 0 unspecified atom stereocenters. The topological polar surface area (TPSA) is 75.7 Å². The van der Waals surface area contributed by atoms with Crippen molar-refractivity contribution in [3.63, 3.8) is 0 Å². The fourth-order valence-electron chi connectivity index (χ4n) is 3.53. The van der Waals surface area contributed by atoms with E-state index in [-0.39, 0.29) is 6.54 Å². The van der Waals surface area contributed by atoms with Crippen LogP contribution < -0.4 is 5.32 Å². The van der Waals surface area contributed by atoms with Gasteiger partial charge in [-0.25, -0.2) is 4.79 Å². The molecular weight excluding hydrogens is 425 g/mol. The predicted molar refractivity (Wildman–Crippen MR) is 110 cm³/mol. The molecule has 0 aliphatic heterocycles. The van der Waals surface area contributed by atoms with Gasteiger partial charge in [-0.3, -0.25) is 9.59 Å². The van der Waals surface area contributed by atoms with Gasteiger partial charge in [0, 0.05) is 13.6 Å². The zero-order valence-corrected chi connectivity index (χ0v) is 17.7. The lowest BCUT2D eigenvalue weighted by atomic mass is 9.98. The number of ether oxygens (including phenoxy) is 1. The number of hydrogen-bond acceptors (Lipinski definition) is 4. The van der Waals surface area contributed by atoms with E-state index in [0.717, 1.165) is 16.0 Å². The molecule has 1 aliphatic rings. The first-order valence-electron chi connectivity index (χ1n) is 9.96. The maximum Gasteiger partial charge on any atom is 0.397 e. The van der Waals surface area contributed by atoms with Gasteiger partial charge in [0.1, 0.15) is 12.0 Å². The van der Waals surface area contributed by atoms with Gasteiger partial charge in [-0.15, -0.1) is 0 Å². The monoisotopic (exact) mass is 448 g/mol. The molecule has 0 spiro atoms. The molecule has 1 N–H and O–H groups in total. The molecule has 0 saturated heterocycles. The molecule has 2 aromatic carbocycles. The number of carbonyl (C=O) groups is 3. The van der Waals surface area contributed by atoms with E-state index < -0.39 is 35.9 Å². The molecule has 9 heteroatoms. The van der Waals surface area contributed by atoms with E-state index in [1.54, 1.807) is 42.5 Å². The molecule has 1 fully saturated rings. The van der Waals surface area contributed by atoms with Gasteiger partial charge in [0.05, 0.1) is 12.7 Å². The van der Waals surface area contributed by atoms with Gasteiger partial charge in [-0.2, -0.15) is 13.2 Å². The normalized spacial score (nSPS) is 14.4. The minimum absolute atomic E-state index is 0.154. The highest BCUT2D eigenvalue weighted by atomic mass is 19.4. The van der Waals surface area contributed by atoms with Crippen LogP contribution in [0.3, 0.4) is 0 Å². The summed E-state index contributed by atoms with van der Waals surface area (Å²) in [6.07, 6.45) is -5.57. The zero-order chi connectivity index (χ0) is 23.5. The van der Waals surface area contributed by atoms with Crippen LogP contribution >= 0.6 is 0 Å². The SMILES string of the molecule is COC(=O)c1ccccc1-c1ccc(CNC(=O)C2(N(C)C(=O)CC(F)(F)F)CC2)cc1. The van der Waals surface area contributed by atoms with Gasteiger partial charge in [0.2, 0.25) is 11.8 Å². The van der Waals surface area contributed by atoms with Crippen LogP contribution in [0.1, 0.15) is 35.2 Å². The quantitative estimate of drug-likeness (QED) is 0.656. The summed E-state index contributed by atoms with van der Waals surface area (Å²) in [4.78, 5) is 37.4. The molecule has 0 atom stereocenters. The maximum atomic E-state index is 12.6. The third-order valence-electron chi connectivity index (χ3n) is 5.56. The number of esters is 1. The lowest BCUT2D eigenvalue weighted by Crippen LogP contribution is -2.50. The molecule has 2 amide bonds. The van der Waals surface area contributed by atoms with Crippen molar-refractivity contribution >= 4 is 17.8 Å². The van der Waals surface area contributed by atoms with Crippen molar-refractivity contribution < 1.29 is 32.3 Å². The highest BCUT2D eigenvalue weighted by molar-refractivity contribution is 5.97. The Morgan fingerprint density at radius 2 is 1.69 bits per heavy atom. The van der Waals surface area contributed by atoms with E-state index in [9.17, 15) is 27.6 Å². The highest BCUT2D eigenvalue weighted by Gasteiger charge is 2.55. The smallest absolute Gasteiger partial charge is 0.397 e. The van der Waals surface area contributed by atoms with Crippen LogP contribution in [-0.2, 0) is 20.9 Å². The van der Waals surface area contributed by atoms with E-state index >= 15 is 0 Å². The van der Waals surface area contributed by atoms with Gasteiger partial charge in [-0.1, -0.05) is 42.5 Å². The fourth-order valence-corrected chi connectivity index (χ4v) is 3.53. The van der Waals surface area contributed by atoms with Crippen LogP contribution in [0.4, 0.5) is 13.2 Å². The average Bonchev–Trinajstić information content (AvgIpc) is 3.57. The maximum absolute atomic E-state index is 12.6. The first-order valence-corrected chi connectivity index (χ1v) is 9.96. The summed E-state index contributed by atoms with van der Waals surface area (Å²) in [7, 11) is 2.54. The third kappa shape index (κ3) is 5.09. The number of hydrogen-bond donors (Lipinski definition) is 1. The van der Waals surface area contributed by atoms with Crippen molar-refractivity contribution in [2.45, 2.75) is 37.5 Å². The number of amides is 2. The van der Waals surface area contributed by atoms with Crippen LogP contribution in [0.15, 0.2) is 48.5 Å². The molecule has 2 aromatic rings. The Bertz CT molecular complexity index is 1010. The van der Waals surface area contributed by atoms with E-state index in [2.05, 4.69) is 5.32 Å². The van der Waals surface area contributed by atoms with Crippen molar-refractivity contribution in [3.05, 3.63) is 59.7 Å². The van der Waals surface area contributed by atoms with Crippen LogP contribution in [0, 0.1) is 0 Å². The Hall–Kier alpha value is -3.36. The van der Waals surface area contributed by atoms with Crippen LogP contribution in [0.2, 0.25) is 0 Å². The summed E-state index contributed by atoms with van der Waals surface area (Å²) < 4.78 is 42.4. The number of carbonyl (C=O) groups excluding carboxylic acids is 3. The molecule has 170 valence electrons. The lowest BCUT2D eigenvalue weighted by molar-refractivity contribution is -0.164. The minimum atomic E-state index is -4.62. The van der Waals surface area contributed by atoms with E-state index in [0.29, 0.717) is 24.0 Å². The Balaban J connectivity index is 1.64. The van der Waals surface area contributed by atoms with Gasteiger partial charge < -0.3 is 15.0 Å². The Morgan fingerprint density at radius 3 is 2.25 bits per heavy atom. The number of methoxy groups -OCH3 is 1. The minimum Gasteiger partial charge on any atom is -0.465 e. The molecule has 3 rings (SSSR count). The first kappa shape index (κ1) is 23.3. The number of likely N-dealkylation sites (N-methyl/N-ethyl adjacent to an activating group) is 1. The van der Waals surface area contributed by atoms with Gasteiger partial charge in [-0.05, 0) is 35.6 Å². The van der Waals surface area contributed by atoms with E-state index in [1.165, 1.54) is 14.2 Å². The van der Waals surface area contributed by atoms with Gasteiger partial charge in [0.25, 0.3) is 0 Å². The second kappa shape index (κ2) is 9.02. The second-order valence-electron chi connectivity index (χ2n) is 7.69. The van der Waals surface area contributed by atoms with E-state index in [4.69, 9.17) is 4.74 Å². The van der Waals surface area contributed by atoms with Crippen molar-refractivity contribution in [1.82, 2.24) is 10.2 Å². The number of benzene rings is 2. The van der Waals surface area contributed by atoms with Gasteiger partial charge >= 0.3 is 12.1 Å². The lowest BCUT2D eigenvalue weighted by Gasteiger charge is -2.27. The summed E-state index contributed by atoms with van der Waals surface area (Å²) in [5.41, 5.74) is 1.46. The molecule has 0 aromatic heterocycles. The van der Waals surface area contributed by atoms with Crippen molar-refractivity contribution in [2.24, 2.45) is 0 Å². The summed E-state index contributed by atoms with van der Waals surface area (Å²) in [5.74, 6) is -2.05. The molecule has 1 saturated carbocycles. The molecule has 32 heavy (non-hydrogen) atoms. The van der Waals surface area contributed by atoms with Crippen molar-refractivity contribution in [1.29, 1.82) is 0 Å². The second-order valence-corrected chi connectivity index (χ2v) is 7.69. The number of alkyl halides is 3. The summed E-state index contributed by atoms with van der Waals surface area (Å²) >= 11 is 0. The Kier molecular flexibility index (Phi) is 6.57. The summed E-state index contributed by atoms with van der Waals surface area (Å²) in [5, 5.41) is 2.71. The van der Waals surface area contributed by atoms with E-state index in [1.807, 2.05) is 6.07 Å². The number of nitrogens with one attached hydrogen (secondary N) is 1. The van der Waals surface area contributed by atoms with Crippen LogP contribution in [0.25, 0.3) is 11.1 Å². The molecule has 0 bridgehead atoms. The largest absolute Gasteiger partial charge is 0.465 e. The van der Waals surface area contributed by atoms with Crippen molar-refractivity contribution in [3.8, 4) is 11.1 Å². The Labute approximate surface area is 183 Å². The molecule has 1 aliphatic carbocycles. The molecule has 6 nitrogen and oxygen atoms in total. The van der Waals surface area contributed by atoms with Crippen LogP contribution in [-0.4, -0.2) is 48.6 Å². The van der Waals surface area contributed by atoms with Crippen molar-refractivity contribution in [2.75, 3.05) is 14.2 Å². The zero-order valence-electron chi connectivity index (χ0n) is 17.7. The van der Waals surface area contributed by atoms with Gasteiger partial charge in [0.15, 0.2) is 0 Å². The van der Waals surface area contributed by atoms with Crippen LogP contribution in [0.5, 0.6) is 0 Å². The third-order valence-corrected chi connectivity index (χ3v) is 5.56. The molecular formula is C23H23F3N2O4. The number of rotatable bonds is 7. The standard InChI is InChI=1S/C23H23F3N2O4/c1-28(19(29)13-23(24,25)26)22(11-12-22)21(31)27-14-15-7-9-16(10-8-15)17-5-3-4-6-18(17)20(30)32-2/h3-10H,11-14H2,1-2H3,(H,27,31). The first-order chi connectivity index (χ1) is 15.1. The summed E-state index contributed by atoms with van der Waals surface area (Å²) in [6.45, 7) is 0.154. The highest BCUT2D eigenvalue weighted by Crippen LogP contribution is 2.42. The predicted octanol–water partition coefficient (Wildman–Crippen LogP) is 3.70.